The summed E-state index contributed by atoms with van der Waals surface area (Å²) in [5.41, 5.74) is 1.76. The maximum Gasteiger partial charge on any atom is 0.251 e. The summed E-state index contributed by atoms with van der Waals surface area (Å²) in [5, 5.41) is 3.08. The molecule has 2 aromatic rings. The number of halogens is 1. The van der Waals surface area contributed by atoms with E-state index in [4.69, 9.17) is 4.74 Å². The molecule has 0 radical (unpaired) electrons. The number of likely N-dealkylation sites (tertiary alicyclic amines) is 1. The van der Waals surface area contributed by atoms with Gasteiger partial charge in [0.2, 0.25) is 0 Å². The first-order valence-corrected chi connectivity index (χ1v) is 11.9. The van der Waals surface area contributed by atoms with Crippen LogP contribution in [0.1, 0.15) is 56.3 Å². The summed E-state index contributed by atoms with van der Waals surface area (Å²) in [6, 6.07) is 16.3. The predicted molar refractivity (Wildman–Crippen MR) is 127 cm³/mol. The highest BCUT2D eigenvalue weighted by Crippen LogP contribution is 2.25. The number of nitrogens with zero attached hydrogens (tertiary/aromatic N) is 1. The lowest BCUT2D eigenvalue weighted by molar-refractivity contribution is 0.0836. The van der Waals surface area contributed by atoms with Gasteiger partial charge in [-0.15, -0.1) is 0 Å². The van der Waals surface area contributed by atoms with E-state index in [1.54, 1.807) is 13.8 Å². The minimum atomic E-state index is -1.13. The van der Waals surface area contributed by atoms with Crippen LogP contribution in [0.5, 0.6) is 5.75 Å². The molecular weight excluding hydrogens is 403 g/mol. The lowest BCUT2D eigenvalue weighted by Gasteiger charge is -2.34. The van der Waals surface area contributed by atoms with Crippen LogP contribution in [0.4, 0.5) is 4.39 Å². The van der Waals surface area contributed by atoms with E-state index in [0.717, 1.165) is 55.6 Å². The molecule has 2 aliphatic rings. The van der Waals surface area contributed by atoms with Crippen molar-refractivity contribution in [3.8, 4) is 16.9 Å². The number of alkyl halides is 1. The van der Waals surface area contributed by atoms with Crippen LogP contribution >= 0.6 is 0 Å². The smallest absolute Gasteiger partial charge is 0.251 e. The minimum absolute atomic E-state index is 0.0178. The van der Waals surface area contributed by atoms with Crippen LogP contribution in [0.2, 0.25) is 0 Å². The number of hydrogen-bond donors (Lipinski definition) is 1. The number of amides is 1. The molecule has 1 N–H and O–H groups in total. The van der Waals surface area contributed by atoms with E-state index in [1.807, 2.05) is 36.4 Å². The topological polar surface area (TPSA) is 41.6 Å². The SMILES string of the molecule is CC(C)(F)CN1CCC(COc2ccc(-c3ccc(C(=O)NC4CCC4)cc3)cc2)CC1. The lowest BCUT2D eigenvalue weighted by atomic mass is 9.93. The molecule has 172 valence electrons. The van der Waals surface area contributed by atoms with Crippen LogP contribution in [0, 0.1) is 5.92 Å². The molecule has 1 aliphatic heterocycles. The van der Waals surface area contributed by atoms with E-state index >= 15 is 0 Å². The highest BCUT2D eigenvalue weighted by atomic mass is 19.1. The summed E-state index contributed by atoms with van der Waals surface area (Å²) in [4.78, 5) is 14.5. The summed E-state index contributed by atoms with van der Waals surface area (Å²) >= 11 is 0. The molecule has 0 spiro atoms. The summed E-state index contributed by atoms with van der Waals surface area (Å²) < 4.78 is 19.9. The van der Waals surface area contributed by atoms with Gasteiger partial charge in [-0.2, -0.15) is 0 Å². The van der Waals surface area contributed by atoms with Crippen molar-refractivity contribution >= 4 is 5.91 Å². The van der Waals surface area contributed by atoms with Crippen molar-refractivity contribution in [3.63, 3.8) is 0 Å². The van der Waals surface area contributed by atoms with Crippen LogP contribution < -0.4 is 10.1 Å². The van der Waals surface area contributed by atoms with Gasteiger partial charge in [0.05, 0.1) is 6.61 Å². The number of piperidine rings is 1. The van der Waals surface area contributed by atoms with Crippen molar-refractivity contribution in [2.45, 2.75) is 57.7 Å². The molecule has 4 nitrogen and oxygen atoms in total. The van der Waals surface area contributed by atoms with E-state index in [2.05, 4.69) is 22.3 Å². The zero-order valence-electron chi connectivity index (χ0n) is 19.3. The zero-order valence-corrected chi connectivity index (χ0v) is 19.3. The molecule has 0 aromatic heterocycles. The summed E-state index contributed by atoms with van der Waals surface area (Å²) in [6.07, 6.45) is 5.50. The maximum absolute atomic E-state index is 13.8. The summed E-state index contributed by atoms with van der Waals surface area (Å²) in [6.45, 7) is 6.38. The number of ether oxygens (including phenoxy) is 1. The van der Waals surface area contributed by atoms with E-state index in [-0.39, 0.29) is 5.91 Å². The molecule has 32 heavy (non-hydrogen) atoms. The molecule has 4 rings (SSSR count). The van der Waals surface area contributed by atoms with Gasteiger partial charge in [-0.1, -0.05) is 24.3 Å². The predicted octanol–water partition coefficient (Wildman–Crippen LogP) is 5.47. The minimum Gasteiger partial charge on any atom is -0.493 e. The fourth-order valence-corrected chi connectivity index (χ4v) is 4.44. The second kappa shape index (κ2) is 10.0. The quantitative estimate of drug-likeness (QED) is 0.594. The summed E-state index contributed by atoms with van der Waals surface area (Å²) in [5.74, 6) is 1.41. The molecular formula is C27H35FN2O2. The van der Waals surface area contributed by atoms with Gasteiger partial charge in [0.1, 0.15) is 11.4 Å². The Kier molecular flexibility index (Phi) is 7.14. The molecule has 0 bridgehead atoms. The van der Waals surface area contributed by atoms with Gasteiger partial charge in [0.15, 0.2) is 0 Å². The maximum atomic E-state index is 13.8. The number of rotatable bonds is 8. The van der Waals surface area contributed by atoms with Crippen LogP contribution in [-0.4, -0.2) is 48.8 Å². The van der Waals surface area contributed by atoms with Crippen molar-refractivity contribution in [2.24, 2.45) is 5.92 Å². The highest BCUT2D eigenvalue weighted by Gasteiger charge is 2.25. The van der Waals surface area contributed by atoms with Gasteiger partial charge >= 0.3 is 0 Å². The monoisotopic (exact) mass is 438 g/mol. The number of carbonyl (C=O) groups is 1. The Balaban J connectivity index is 1.24. The Bertz CT molecular complexity index is 877. The van der Waals surface area contributed by atoms with Crippen molar-refractivity contribution in [3.05, 3.63) is 54.1 Å². The molecule has 1 amide bonds. The van der Waals surface area contributed by atoms with Gasteiger partial charge in [0, 0.05) is 18.2 Å². The molecule has 0 unspecified atom stereocenters. The van der Waals surface area contributed by atoms with Crippen molar-refractivity contribution in [1.29, 1.82) is 0 Å². The molecule has 2 fully saturated rings. The van der Waals surface area contributed by atoms with Crippen LogP contribution in [0.15, 0.2) is 48.5 Å². The largest absolute Gasteiger partial charge is 0.493 e. The first kappa shape index (κ1) is 22.8. The molecule has 1 saturated carbocycles. The fourth-order valence-electron chi connectivity index (χ4n) is 4.44. The van der Waals surface area contributed by atoms with Gasteiger partial charge in [-0.3, -0.25) is 4.79 Å². The fraction of sp³-hybridized carbons (Fsp3) is 0.519. The third-order valence-corrected chi connectivity index (χ3v) is 6.57. The second-order valence-electron chi connectivity index (χ2n) is 9.95. The van der Waals surface area contributed by atoms with Crippen LogP contribution in [0.3, 0.4) is 0 Å². The Morgan fingerprint density at radius 1 is 1.00 bits per heavy atom. The van der Waals surface area contributed by atoms with E-state index in [1.165, 1.54) is 6.42 Å². The van der Waals surface area contributed by atoms with E-state index in [0.29, 0.717) is 30.7 Å². The van der Waals surface area contributed by atoms with Gasteiger partial charge < -0.3 is 15.0 Å². The Morgan fingerprint density at radius 2 is 1.59 bits per heavy atom. The lowest BCUT2D eigenvalue weighted by Crippen LogP contribution is -2.41. The number of benzene rings is 2. The third kappa shape index (κ3) is 6.32. The first-order chi connectivity index (χ1) is 15.4. The average Bonchev–Trinajstić information content (AvgIpc) is 2.75. The number of hydrogen-bond acceptors (Lipinski definition) is 3. The third-order valence-electron chi connectivity index (χ3n) is 6.57. The van der Waals surface area contributed by atoms with Crippen LogP contribution in [0.25, 0.3) is 11.1 Å². The van der Waals surface area contributed by atoms with Crippen LogP contribution in [-0.2, 0) is 0 Å². The Hall–Kier alpha value is -2.40. The second-order valence-corrected chi connectivity index (χ2v) is 9.95. The first-order valence-electron chi connectivity index (χ1n) is 11.9. The van der Waals surface area contributed by atoms with E-state index in [9.17, 15) is 9.18 Å². The van der Waals surface area contributed by atoms with Gasteiger partial charge in [0.25, 0.3) is 5.91 Å². The van der Waals surface area contributed by atoms with Crippen molar-refractivity contribution in [2.75, 3.05) is 26.2 Å². The standard InChI is InChI=1S/C27H35FN2O2/c1-27(2,28)19-30-16-14-20(15-17-30)18-32-25-12-10-22(11-13-25)21-6-8-23(9-7-21)26(31)29-24-4-3-5-24/h6-13,20,24H,3-5,14-19H2,1-2H3,(H,29,31). The van der Waals surface area contributed by atoms with Gasteiger partial charge in [-0.05, 0) is 100 Å². The molecule has 1 heterocycles. The van der Waals surface area contributed by atoms with Crippen molar-refractivity contribution < 1.29 is 13.9 Å². The number of nitrogens with one attached hydrogen (secondary N) is 1. The molecule has 1 saturated heterocycles. The van der Waals surface area contributed by atoms with E-state index < -0.39 is 5.67 Å². The Morgan fingerprint density at radius 3 is 2.12 bits per heavy atom. The zero-order chi connectivity index (χ0) is 22.6. The number of carbonyl (C=O) groups excluding carboxylic acids is 1. The highest BCUT2D eigenvalue weighted by molar-refractivity contribution is 5.94. The Labute approximate surface area is 191 Å². The molecule has 5 heteroatoms. The average molecular weight is 439 g/mol. The summed E-state index contributed by atoms with van der Waals surface area (Å²) in [7, 11) is 0. The van der Waals surface area contributed by atoms with Crippen molar-refractivity contribution in [1.82, 2.24) is 10.2 Å². The molecule has 1 aliphatic carbocycles. The molecule has 0 atom stereocenters. The molecule has 2 aromatic carbocycles. The van der Waals surface area contributed by atoms with Gasteiger partial charge in [-0.25, -0.2) is 4.39 Å². The normalized spacial score (nSPS) is 18.2.